The number of nitrogens with one attached hydrogen (secondary N) is 1. The third kappa shape index (κ3) is 3.43. The highest BCUT2D eigenvalue weighted by Crippen LogP contribution is 2.11. The van der Waals surface area contributed by atoms with E-state index in [2.05, 4.69) is 10.3 Å². The third-order valence-corrected chi connectivity index (χ3v) is 2.73. The van der Waals surface area contributed by atoms with E-state index in [0.29, 0.717) is 13.0 Å². The maximum absolute atomic E-state index is 11.3. The molecule has 1 aromatic rings. The maximum atomic E-state index is 11.3. The normalized spacial score (nSPS) is 12.5. The second-order valence-electron chi connectivity index (χ2n) is 3.32. The fourth-order valence-corrected chi connectivity index (χ4v) is 1.76. The minimum atomic E-state index is -0.0856. The van der Waals surface area contributed by atoms with Gasteiger partial charge in [-0.2, -0.15) is 0 Å². The van der Waals surface area contributed by atoms with Gasteiger partial charge in [0.25, 0.3) is 0 Å². The number of aromatic nitrogens is 1. The molecule has 3 N–H and O–H groups in total. The van der Waals surface area contributed by atoms with Gasteiger partial charge in [-0.15, -0.1) is 11.3 Å². The molecule has 4 nitrogen and oxygen atoms in total. The van der Waals surface area contributed by atoms with Crippen molar-refractivity contribution >= 4 is 17.2 Å². The van der Waals surface area contributed by atoms with E-state index in [1.165, 1.54) is 0 Å². The lowest BCUT2D eigenvalue weighted by atomic mass is 10.2. The van der Waals surface area contributed by atoms with Gasteiger partial charge in [-0.05, 0) is 13.8 Å². The molecule has 78 valence electrons. The summed E-state index contributed by atoms with van der Waals surface area (Å²) in [6, 6.07) is -0.0856. The average Bonchev–Trinajstić information content (AvgIpc) is 2.46. The van der Waals surface area contributed by atoms with Crippen molar-refractivity contribution in [1.29, 1.82) is 0 Å². The summed E-state index contributed by atoms with van der Waals surface area (Å²) in [6.07, 6.45) is 0.373. The summed E-state index contributed by atoms with van der Waals surface area (Å²) in [4.78, 5) is 16.5. The predicted octanol–water partition coefficient (Wildman–Crippen LogP) is 0.805. The molecule has 14 heavy (non-hydrogen) atoms. The molecule has 1 rings (SSSR count). The number of thiazole rings is 1. The number of nitrogens with two attached hydrogens (primary N) is 1. The average molecular weight is 213 g/mol. The summed E-state index contributed by atoms with van der Waals surface area (Å²) in [5, 5.41) is 2.81. The molecule has 0 aliphatic rings. The molecule has 0 aromatic carbocycles. The molecule has 1 amide bonds. The summed E-state index contributed by atoms with van der Waals surface area (Å²) < 4.78 is 0. The highest BCUT2D eigenvalue weighted by Gasteiger charge is 2.06. The van der Waals surface area contributed by atoms with Gasteiger partial charge >= 0.3 is 0 Å². The van der Waals surface area contributed by atoms with Crippen LogP contribution >= 0.6 is 11.3 Å². The molecule has 0 saturated carbocycles. The van der Waals surface area contributed by atoms with Crippen LogP contribution in [0.1, 0.15) is 23.9 Å². The Bertz CT molecular complexity index is 309. The van der Waals surface area contributed by atoms with E-state index in [1.54, 1.807) is 16.8 Å². The molecule has 0 radical (unpaired) electrons. The maximum Gasteiger partial charge on any atom is 0.221 e. The summed E-state index contributed by atoms with van der Waals surface area (Å²) in [5.41, 5.74) is 8.26. The Balaban J connectivity index is 2.34. The molecule has 0 aliphatic heterocycles. The molecular formula is C9H15N3OS. The van der Waals surface area contributed by atoms with Gasteiger partial charge in [0.05, 0.1) is 17.7 Å². The van der Waals surface area contributed by atoms with Crippen molar-refractivity contribution in [3.63, 3.8) is 0 Å². The van der Waals surface area contributed by atoms with Crippen LogP contribution in [-0.2, 0) is 11.3 Å². The van der Waals surface area contributed by atoms with Crippen LogP contribution in [-0.4, -0.2) is 16.9 Å². The third-order valence-electron chi connectivity index (χ3n) is 1.80. The number of rotatable bonds is 4. The van der Waals surface area contributed by atoms with E-state index in [0.717, 1.165) is 10.6 Å². The summed E-state index contributed by atoms with van der Waals surface area (Å²) in [6.45, 7) is 4.31. The van der Waals surface area contributed by atoms with E-state index >= 15 is 0 Å². The van der Waals surface area contributed by atoms with Gasteiger partial charge < -0.3 is 11.1 Å². The molecule has 0 saturated heterocycles. The van der Waals surface area contributed by atoms with Gasteiger partial charge in [-0.3, -0.25) is 4.79 Å². The number of amides is 1. The van der Waals surface area contributed by atoms with Crippen molar-refractivity contribution in [3.05, 3.63) is 16.1 Å². The second-order valence-corrected chi connectivity index (χ2v) is 4.26. The number of carbonyl (C=O) groups is 1. The molecular weight excluding hydrogens is 198 g/mol. The fourth-order valence-electron chi connectivity index (χ4n) is 1.04. The number of nitrogens with zero attached hydrogens (tertiary/aromatic N) is 1. The van der Waals surface area contributed by atoms with Crippen LogP contribution in [0, 0.1) is 6.92 Å². The Kier molecular flexibility index (Phi) is 4.03. The first-order chi connectivity index (χ1) is 6.59. The topological polar surface area (TPSA) is 68.0 Å². The van der Waals surface area contributed by atoms with Gasteiger partial charge in [0.1, 0.15) is 0 Å². The van der Waals surface area contributed by atoms with E-state index in [1.807, 2.05) is 13.8 Å². The SMILES string of the molecule is Cc1ncsc1CNC(=O)CC(C)N. The summed E-state index contributed by atoms with van der Waals surface area (Å²) in [5.74, 6) is -0.00667. The number of aryl methyl sites for hydroxylation is 1. The Labute approximate surface area is 87.5 Å². The van der Waals surface area contributed by atoms with Crippen LogP contribution in [0.15, 0.2) is 5.51 Å². The number of hydrogen-bond donors (Lipinski definition) is 2. The highest BCUT2D eigenvalue weighted by atomic mass is 32.1. The molecule has 0 spiro atoms. The van der Waals surface area contributed by atoms with E-state index in [-0.39, 0.29) is 11.9 Å². The Morgan fingerprint density at radius 2 is 2.50 bits per heavy atom. The number of hydrogen-bond acceptors (Lipinski definition) is 4. The molecule has 1 heterocycles. The molecule has 1 unspecified atom stereocenters. The minimum Gasteiger partial charge on any atom is -0.351 e. The number of carbonyl (C=O) groups excluding carboxylic acids is 1. The van der Waals surface area contributed by atoms with Crippen LogP contribution in [0.2, 0.25) is 0 Å². The van der Waals surface area contributed by atoms with Crippen molar-refractivity contribution in [1.82, 2.24) is 10.3 Å². The van der Waals surface area contributed by atoms with Crippen molar-refractivity contribution in [2.75, 3.05) is 0 Å². The Morgan fingerprint density at radius 1 is 1.79 bits per heavy atom. The molecule has 0 aliphatic carbocycles. The van der Waals surface area contributed by atoms with Crippen LogP contribution in [0.25, 0.3) is 0 Å². The summed E-state index contributed by atoms with van der Waals surface area (Å²) in [7, 11) is 0. The molecule has 0 bridgehead atoms. The van der Waals surface area contributed by atoms with Crippen molar-refractivity contribution in [2.45, 2.75) is 32.9 Å². The lowest BCUT2D eigenvalue weighted by Gasteiger charge is -2.06. The Hall–Kier alpha value is -0.940. The van der Waals surface area contributed by atoms with E-state index < -0.39 is 0 Å². The first kappa shape index (κ1) is 11.1. The molecule has 5 heteroatoms. The molecule has 1 aromatic heterocycles. The fraction of sp³-hybridized carbons (Fsp3) is 0.556. The predicted molar refractivity (Wildman–Crippen MR) is 57.0 cm³/mol. The largest absolute Gasteiger partial charge is 0.351 e. The smallest absolute Gasteiger partial charge is 0.221 e. The van der Waals surface area contributed by atoms with Crippen LogP contribution < -0.4 is 11.1 Å². The first-order valence-electron chi connectivity index (χ1n) is 4.51. The lowest BCUT2D eigenvalue weighted by molar-refractivity contribution is -0.121. The zero-order valence-corrected chi connectivity index (χ0v) is 9.23. The minimum absolute atomic E-state index is 0.00667. The Morgan fingerprint density at radius 3 is 3.00 bits per heavy atom. The van der Waals surface area contributed by atoms with Crippen molar-refractivity contribution in [3.8, 4) is 0 Å². The van der Waals surface area contributed by atoms with Crippen molar-refractivity contribution < 1.29 is 4.79 Å². The first-order valence-corrected chi connectivity index (χ1v) is 5.39. The quantitative estimate of drug-likeness (QED) is 0.777. The van der Waals surface area contributed by atoms with Gasteiger partial charge in [0.15, 0.2) is 0 Å². The highest BCUT2D eigenvalue weighted by molar-refractivity contribution is 7.09. The van der Waals surface area contributed by atoms with Gasteiger partial charge in [-0.1, -0.05) is 0 Å². The van der Waals surface area contributed by atoms with Gasteiger partial charge in [0, 0.05) is 17.3 Å². The monoisotopic (exact) mass is 213 g/mol. The summed E-state index contributed by atoms with van der Waals surface area (Å²) >= 11 is 1.55. The van der Waals surface area contributed by atoms with Gasteiger partial charge in [-0.25, -0.2) is 4.98 Å². The lowest BCUT2D eigenvalue weighted by Crippen LogP contribution is -2.29. The molecule has 0 fully saturated rings. The zero-order valence-electron chi connectivity index (χ0n) is 8.41. The standard InChI is InChI=1S/C9H15N3OS/c1-6(10)3-9(13)11-4-8-7(2)12-5-14-8/h5-6H,3-4,10H2,1-2H3,(H,11,13). The van der Waals surface area contributed by atoms with E-state index in [4.69, 9.17) is 5.73 Å². The van der Waals surface area contributed by atoms with Gasteiger partial charge in [0.2, 0.25) is 5.91 Å². The van der Waals surface area contributed by atoms with Crippen LogP contribution in [0.5, 0.6) is 0 Å². The van der Waals surface area contributed by atoms with Crippen LogP contribution in [0.3, 0.4) is 0 Å². The van der Waals surface area contributed by atoms with E-state index in [9.17, 15) is 4.79 Å². The molecule has 1 atom stereocenters. The van der Waals surface area contributed by atoms with Crippen LogP contribution in [0.4, 0.5) is 0 Å². The second kappa shape index (κ2) is 5.07. The van der Waals surface area contributed by atoms with Crippen molar-refractivity contribution in [2.24, 2.45) is 5.73 Å². The zero-order chi connectivity index (χ0) is 10.6.